The van der Waals surface area contributed by atoms with E-state index in [4.69, 9.17) is 0 Å². The van der Waals surface area contributed by atoms with Gasteiger partial charge < -0.3 is 10.4 Å². The molecule has 5 nitrogen and oxygen atoms in total. The summed E-state index contributed by atoms with van der Waals surface area (Å²) < 4.78 is 1.66. The molecule has 17 heavy (non-hydrogen) atoms. The molecule has 0 saturated carbocycles. The van der Waals surface area contributed by atoms with Crippen molar-refractivity contribution in [3.05, 3.63) is 36.2 Å². The second-order valence-electron chi connectivity index (χ2n) is 4.07. The maximum absolute atomic E-state index is 9.39. The fourth-order valence-electron chi connectivity index (χ4n) is 1.57. The van der Waals surface area contributed by atoms with Crippen LogP contribution < -0.4 is 5.32 Å². The lowest BCUT2D eigenvalue weighted by Crippen LogP contribution is -2.23. The number of nitrogens with zero attached hydrogens (tertiary/aromatic N) is 3. The summed E-state index contributed by atoms with van der Waals surface area (Å²) in [6.45, 7) is 2.09. The molecule has 2 rings (SSSR count). The van der Waals surface area contributed by atoms with E-state index in [1.165, 1.54) is 0 Å². The normalized spacial score (nSPS) is 12.6. The SMILES string of the molecule is CNC(C)Cc1cn(-c2cccc(O)c2)nn1. The number of benzene rings is 1. The van der Waals surface area contributed by atoms with Gasteiger partial charge in [0.15, 0.2) is 0 Å². The molecule has 0 spiro atoms. The van der Waals surface area contributed by atoms with Crippen LogP contribution in [0.15, 0.2) is 30.5 Å². The third-order valence-corrected chi connectivity index (χ3v) is 2.64. The molecule has 0 aliphatic heterocycles. The molecule has 5 heteroatoms. The number of likely N-dealkylation sites (N-methyl/N-ethyl adjacent to an activating group) is 1. The van der Waals surface area contributed by atoms with E-state index in [1.807, 2.05) is 19.3 Å². The molecule has 1 heterocycles. The largest absolute Gasteiger partial charge is 0.508 e. The second kappa shape index (κ2) is 4.97. The maximum Gasteiger partial charge on any atom is 0.117 e. The van der Waals surface area contributed by atoms with E-state index in [-0.39, 0.29) is 5.75 Å². The van der Waals surface area contributed by atoms with Gasteiger partial charge in [0.2, 0.25) is 0 Å². The Morgan fingerprint density at radius 1 is 1.47 bits per heavy atom. The van der Waals surface area contributed by atoms with Crippen molar-refractivity contribution in [2.75, 3.05) is 7.05 Å². The Bertz CT molecular complexity index is 495. The van der Waals surface area contributed by atoms with Gasteiger partial charge in [-0.15, -0.1) is 5.10 Å². The van der Waals surface area contributed by atoms with E-state index < -0.39 is 0 Å². The lowest BCUT2D eigenvalue weighted by molar-refractivity contribution is 0.474. The highest BCUT2D eigenvalue weighted by molar-refractivity contribution is 5.37. The first kappa shape index (κ1) is 11.6. The van der Waals surface area contributed by atoms with Gasteiger partial charge in [0.1, 0.15) is 5.75 Å². The zero-order valence-corrected chi connectivity index (χ0v) is 9.96. The minimum absolute atomic E-state index is 0.225. The molecule has 0 fully saturated rings. The van der Waals surface area contributed by atoms with E-state index in [0.717, 1.165) is 17.8 Å². The summed E-state index contributed by atoms with van der Waals surface area (Å²) in [6, 6.07) is 7.30. The van der Waals surface area contributed by atoms with Crippen LogP contribution >= 0.6 is 0 Å². The molecule has 1 unspecified atom stereocenters. The van der Waals surface area contributed by atoms with Crippen LogP contribution in [0, 0.1) is 0 Å². The van der Waals surface area contributed by atoms with Gasteiger partial charge in [0.25, 0.3) is 0 Å². The van der Waals surface area contributed by atoms with Crippen molar-refractivity contribution in [1.29, 1.82) is 0 Å². The summed E-state index contributed by atoms with van der Waals surface area (Å²) in [5.74, 6) is 0.225. The van der Waals surface area contributed by atoms with Crippen molar-refractivity contribution >= 4 is 0 Å². The molecule has 0 aliphatic rings. The summed E-state index contributed by atoms with van der Waals surface area (Å²) in [7, 11) is 1.92. The van der Waals surface area contributed by atoms with E-state index in [0.29, 0.717) is 6.04 Å². The Morgan fingerprint density at radius 2 is 2.29 bits per heavy atom. The first-order valence-electron chi connectivity index (χ1n) is 5.57. The summed E-state index contributed by atoms with van der Waals surface area (Å²) >= 11 is 0. The Kier molecular flexibility index (Phi) is 3.39. The molecule has 0 radical (unpaired) electrons. The number of nitrogens with one attached hydrogen (secondary N) is 1. The van der Waals surface area contributed by atoms with Crippen molar-refractivity contribution in [1.82, 2.24) is 20.3 Å². The van der Waals surface area contributed by atoms with E-state index in [2.05, 4.69) is 22.6 Å². The van der Waals surface area contributed by atoms with Crippen molar-refractivity contribution in [3.63, 3.8) is 0 Å². The number of aromatic hydroxyl groups is 1. The predicted octanol–water partition coefficient (Wildman–Crippen LogP) is 1.12. The Hall–Kier alpha value is -1.88. The van der Waals surface area contributed by atoms with Crippen LogP contribution in [-0.4, -0.2) is 33.2 Å². The van der Waals surface area contributed by atoms with Gasteiger partial charge in [-0.05, 0) is 26.1 Å². The summed E-state index contributed by atoms with van der Waals surface area (Å²) in [5.41, 5.74) is 1.73. The smallest absolute Gasteiger partial charge is 0.117 e. The zero-order valence-electron chi connectivity index (χ0n) is 9.96. The highest BCUT2D eigenvalue weighted by Crippen LogP contribution is 2.14. The highest BCUT2D eigenvalue weighted by atomic mass is 16.3. The van der Waals surface area contributed by atoms with Crippen molar-refractivity contribution in [3.8, 4) is 11.4 Å². The van der Waals surface area contributed by atoms with Crippen LogP contribution in [-0.2, 0) is 6.42 Å². The Balaban J connectivity index is 2.18. The van der Waals surface area contributed by atoms with E-state index >= 15 is 0 Å². The molecular weight excluding hydrogens is 216 g/mol. The summed E-state index contributed by atoms with van der Waals surface area (Å²) in [5, 5.41) is 20.7. The van der Waals surface area contributed by atoms with Gasteiger partial charge in [0.05, 0.1) is 17.6 Å². The Morgan fingerprint density at radius 3 is 3.00 bits per heavy atom. The number of hydrogen-bond donors (Lipinski definition) is 2. The quantitative estimate of drug-likeness (QED) is 0.829. The van der Waals surface area contributed by atoms with Crippen molar-refractivity contribution in [2.24, 2.45) is 0 Å². The summed E-state index contributed by atoms with van der Waals surface area (Å²) in [6.07, 6.45) is 2.71. The fourth-order valence-corrected chi connectivity index (χ4v) is 1.57. The fraction of sp³-hybridized carbons (Fsp3) is 0.333. The van der Waals surface area contributed by atoms with Gasteiger partial charge >= 0.3 is 0 Å². The molecule has 1 aromatic heterocycles. The van der Waals surface area contributed by atoms with Gasteiger partial charge in [-0.3, -0.25) is 0 Å². The van der Waals surface area contributed by atoms with Crippen molar-refractivity contribution in [2.45, 2.75) is 19.4 Å². The van der Waals surface area contributed by atoms with Crippen LogP contribution in [0.3, 0.4) is 0 Å². The van der Waals surface area contributed by atoms with Crippen LogP contribution in [0.4, 0.5) is 0 Å². The monoisotopic (exact) mass is 232 g/mol. The second-order valence-corrected chi connectivity index (χ2v) is 4.07. The molecule has 1 aromatic carbocycles. The van der Waals surface area contributed by atoms with Crippen LogP contribution in [0.1, 0.15) is 12.6 Å². The molecule has 1 atom stereocenters. The zero-order chi connectivity index (χ0) is 12.3. The van der Waals surface area contributed by atoms with E-state index in [9.17, 15) is 5.11 Å². The number of hydrogen-bond acceptors (Lipinski definition) is 4. The standard InChI is InChI=1S/C12H16N4O/c1-9(13-2)6-10-8-16(15-14-10)11-4-3-5-12(17)7-11/h3-5,7-9,13,17H,6H2,1-2H3. The lowest BCUT2D eigenvalue weighted by Gasteiger charge is -2.05. The average Bonchev–Trinajstić information content (AvgIpc) is 2.77. The number of phenolic OH excluding ortho intramolecular Hbond substituents is 1. The van der Waals surface area contributed by atoms with Crippen LogP contribution in [0.25, 0.3) is 5.69 Å². The van der Waals surface area contributed by atoms with Gasteiger partial charge in [-0.25, -0.2) is 4.68 Å². The molecule has 0 saturated heterocycles. The van der Waals surface area contributed by atoms with Gasteiger partial charge in [-0.1, -0.05) is 11.3 Å². The highest BCUT2D eigenvalue weighted by Gasteiger charge is 2.06. The minimum atomic E-state index is 0.225. The molecule has 0 aliphatic carbocycles. The lowest BCUT2D eigenvalue weighted by atomic mass is 10.2. The minimum Gasteiger partial charge on any atom is -0.508 e. The van der Waals surface area contributed by atoms with Gasteiger partial charge in [0, 0.05) is 18.5 Å². The Labute approximate surface area is 100 Å². The third-order valence-electron chi connectivity index (χ3n) is 2.64. The topological polar surface area (TPSA) is 63.0 Å². The van der Waals surface area contributed by atoms with Crippen LogP contribution in [0.2, 0.25) is 0 Å². The van der Waals surface area contributed by atoms with E-state index in [1.54, 1.807) is 22.9 Å². The average molecular weight is 232 g/mol. The molecule has 0 amide bonds. The number of rotatable bonds is 4. The number of phenols is 1. The maximum atomic E-state index is 9.39. The molecule has 2 N–H and O–H groups in total. The molecule has 2 aromatic rings. The third kappa shape index (κ3) is 2.82. The summed E-state index contributed by atoms with van der Waals surface area (Å²) in [4.78, 5) is 0. The van der Waals surface area contributed by atoms with Crippen molar-refractivity contribution < 1.29 is 5.11 Å². The van der Waals surface area contributed by atoms with Crippen LogP contribution in [0.5, 0.6) is 5.75 Å². The van der Waals surface area contributed by atoms with Gasteiger partial charge in [-0.2, -0.15) is 0 Å². The molecule has 0 bridgehead atoms. The number of aromatic nitrogens is 3. The first-order valence-corrected chi connectivity index (χ1v) is 5.57. The predicted molar refractivity (Wildman–Crippen MR) is 65.2 cm³/mol. The first-order chi connectivity index (χ1) is 8.19. The molecular formula is C12H16N4O. The molecule has 90 valence electrons.